The Kier molecular flexibility index (Phi) is 4.52. The highest BCUT2D eigenvalue weighted by Gasteiger charge is 2.47. The normalized spacial score (nSPS) is 34.3. The first-order valence-electron chi connectivity index (χ1n) is 8.23. The van der Waals surface area contributed by atoms with Crippen molar-refractivity contribution in [2.45, 2.75) is 51.4 Å². The third-order valence-corrected chi connectivity index (χ3v) is 6.56. The van der Waals surface area contributed by atoms with E-state index in [1.807, 2.05) is 0 Å². The van der Waals surface area contributed by atoms with Crippen LogP contribution in [0.1, 0.15) is 56.9 Å². The van der Waals surface area contributed by atoms with E-state index in [9.17, 15) is 0 Å². The number of hydrogen-bond donors (Lipinski definition) is 1. The molecule has 20 heavy (non-hydrogen) atoms. The second-order valence-electron chi connectivity index (χ2n) is 6.61. The van der Waals surface area contributed by atoms with Crippen molar-refractivity contribution in [3.63, 3.8) is 0 Å². The van der Waals surface area contributed by atoms with Crippen LogP contribution in [0.5, 0.6) is 0 Å². The van der Waals surface area contributed by atoms with Crippen LogP contribution in [0.4, 0.5) is 0 Å². The predicted octanol–water partition coefficient (Wildman–Crippen LogP) is 5.11. The molecule has 1 nitrogen and oxygen atoms in total. The van der Waals surface area contributed by atoms with Gasteiger partial charge in [-0.2, -0.15) is 0 Å². The van der Waals surface area contributed by atoms with Crippen LogP contribution >= 0.6 is 15.9 Å². The fraction of sp³-hybridized carbons (Fsp3) is 0.667. The summed E-state index contributed by atoms with van der Waals surface area (Å²) in [5, 5.41) is 3.66. The van der Waals surface area contributed by atoms with Gasteiger partial charge in [0.05, 0.1) is 0 Å². The molecule has 3 rings (SSSR count). The standard InChI is InChI=1S/C18H26BrN/c1-2-14-7-5-6-10-18(14)11-12-20-13-16(18)15-8-3-4-9-17(15)19/h3-4,8-9,14,16,20H,2,5-7,10-13H2,1H3. The Balaban J connectivity index is 2.00. The number of halogens is 1. The molecule has 0 radical (unpaired) electrons. The van der Waals surface area contributed by atoms with Gasteiger partial charge in [0.25, 0.3) is 0 Å². The zero-order chi connectivity index (χ0) is 14.0. The van der Waals surface area contributed by atoms with Crippen molar-refractivity contribution in [2.75, 3.05) is 13.1 Å². The first kappa shape index (κ1) is 14.6. The van der Waals surface area contributed by atoms with Crippen LogP contribution in [-0.2, 0) is 0 Å². The van der Waals surface area contributed by atoms with Gasteiger partial charge in [-0.05, 0) is 48.8 Å². The molecule has 1 heterocycles. The summed E-state index contributed by atoms with van der Waals surface area (Å²) in [5.41, 5.74) is 2.07. The van der Waals surface area contributed by atoms with Gasteiger partial charge in [-0.25, -0.2) is 0 Å². The van der Waals surface area contributed by atoms with Gasteiger partial charge in [-0.15, -0.1) is 0 Å². The fourth-order valence-electron chi connectivity index (χ4n) is 4.86. The van der Waals surface area contributed by atoms with Crippen LogP contribution in [0.2, 0.25) is 0 Å². The molecule has 1 saturated heterocycles. The predicted molar refractivity (Wildman–Crippen MR) is 89.1 cm³/mol. The number of hydrogen-bond acceptors (Lipinski definition) is 1. The summed E-state index contributed by atoms with van der Waals surface area (Å²) < 4.78 is 1.30. The molecule has 110 valence electrons. The Hall–Kier alpha value is -0.340. The highest BCUT2D eigenvalue weighted by molar-refractivity contribution is 9.10. The molecule has 1 aliphatic carbocycles. The smallest absolute Gasteiger partial charge is 0.0210 e. The van der Waals surface area contributed by atoms with Crippen LogP contribution < -0.4 is 5.32 Å². The topological polar surface area (TPSA) is 12.0 Å². The van der Waals surface area contributed by atoms with Gasteiger partial charge >= 0.3 is 0 Å². The summed E-state index contributed by atoms with van der Waals surface area (Å²) in [6.07, 6.45) is 8.45. The van der Waals surface area contributed by atoms with Crippen molar-refractivity contribution < 1.29 is 0 Å². The number of nitrogens with one attached hydrogen (secondary N) is 1. The Bertz CT molecular complexity index is 452. The van der Waals surface area contributed by atoms with Crippen molar-refractivity contribution >= 4 is 15.9 Å². The second kappa shape index (κ2) is 6.19. The first-order chi connectivity index (χ1) is 9.78. The van der Waals surface area contributed by atoms with Crippen molar-refractivity contribution in [1.29, 1.82) is 0 Å². The van der Waals surface area contributed by atoms with Gasteiger partial charge in [-0.1, -0.05) is 60.3 Å². The molecular weight excluding hydrogens is 310 g/mol. The first-order valence-corrected chi connectivity index (χ1v) is 9.02. The summed E-state index contributed by atoms with van der Waals surface area (Å²) in [4.78, 5) is 0. The third kappa shape index (κ3) is 2.46. The molecule has 2 fully saturated rings. The third-order valence-electron chi connectivity index (χ3n) is 5.84. The average Bonchev–Trinajstić information content (AvgIpc) is 2.49. The molecule has 1 aromatic rings. The van der Waals surface area contributed by atoms with E-state index >= 15 is 0 Å². The molecular formula is C18H26BrN. The lowest BCUT2D eigenvalue weighted by atomic mass is 9.55. The number of piperidine rings is 1. The molecule has 3 atom stereocenters. The zero-order valence-corrected chi connectivity index (χ0v) is 14.1. The van der Waals surface area contributed by atoms with E-state index < -0.39 is 0 Å². The maximum Gasteiger partial charge on any atom is 0.0210 e. The molecule has 1 saturated carbocycles. The lowest BCUT2D eigenvalue weighted by Crippen LogP contribution is -2.49. The molecule has 2 heteroatoms. The highest BCUT2D eigenvalue weighted by Crippen LogP contribution is 2.56. The van der Waals surface area contributed by atoms with E-state index in [0.717, 1.165) is 12.5 Å². The number of rotatable bonds is 2. The average molecular weight is 336 g/mol. The van der Waals surface area contributed by atoms with Gasteiger partial charge in [0, 0.05) is 16.9 Å². The summed E-state index contributed by atoms with van der Waals surface area (Å²) in [5.74, 6) is 1.59. The lowest BCUT2D eigenvalue weighted by Gasteiger charge is -2.52. The highest BCUT2D eigenvalue weighted by atomic mass is 79.9. The monoisotopic (exact) mass is 335 g/mol. The van der Waals surface area contributed by atoms with E-state index in [-0.39, 0.29) is 0 Å². The minimum absolute atomic E-state index is 0.544. The van der Waals surface area contributed by atoms with Crippen LogP contribution in [0.3, 0.4) is 0 Å². The Morgan fingerprint density at radius 3 is 2.90 bits per heavy atom. The maximum atomic E-state index is 3.80. The summed E-state index contributed by atoms with van der Waals surface area (Å²) in [6.45, 7) is 4.76. The minimum atomic E-state index is 0.544. The number of benzene rings is 1. The zero-order valence-electron chi connectivity index (χ0n) is 12.5. The van der Waals surface area contributed by atoms with E-state index in [4.69, 9.17) is 0 Å². The molecule has 2 aliphatic rings. The van der Waals surface area contributed by atoms with Crippen LogP contribution in [0.15, 0.2) is 28.7 Å². The van der Waals surface area contributed by atoms with E-state index in [2.05, 4.69) is 52.4 Å². The Morgan fingerprint density at radius 2 is 2.10 bits per heavy atom. The van der Waals surface area contributed by atoms with Crippen molar-refractivity contribution in [3.8, 4) is 0 Å². The van der Waals surface area contributed by atoms with Crippen molar-refractivity contribution in [2.24, 2.45) is 11.3 Å². The quantitative estimate of drug-likeness (QED) is 0.791. The van der Waals surface area contributed by atoms with Crippen LogP contribution in [0, 0.1) is 11.3 Å². The molecule has 0 bridgehead atoms. The van der Waals surface area contributed by atoms with Crippen LogP contribution in [-0.4, -0.2) is 13.1 Å². The molecule has 3 unspecified atom stereocenters. The van der Waals surface area contributed by atoms with E-state index in [0.29, 0.717) is 11.3 Å². The fourth-order valence-corrected chi connectivity index (χ4v) is 5.42. The van der Waals surface area contributed by atoms with Gasteiger partial charge < -0.3 is 5.32 Å². The minimum Gasteiger partial charge on any atom is -0.316 e. The summed E-state index contributed by atoms with van der Waals surface area (Å²) in [6, 6.07) is 8.88. The molecule has 1 aromatic carbocycles. The molecule has 1 aliphatic heterocycles. The summed E-state index contributed by atoms with van der Waals surface area (Å²) in [7, 11) is 0. The van der Waals surface area contributed by atoms with Gasteiger partial charge in [-0.3, -0.25) is 0 Å². The van der Waals surface area contributed by atoms with Crippen molar-refractivity contribution in [1.82, 2.24) is 5.32 Å². The molecule has 0 amide bonds. The Morgan fingerprint density at radius 1 is 1.25 bits per heavy atom. The van der Waals surface area contributed by atoms with E-state index in [1.165, 1.54) is 55.1 Å². The van der Waals surface area contributed by atoms with Gasteiger partial charge in [0.1, 0.15) is 0 Å². The maximum absolute atomic E-state index is 3.80. The largest absolute Gasteiger partial charge is 0.316 e. The second-order valence-corrected chi connectivity index (χ2v) is 7.47. The molecule has 1 N–H and O–H groups in total. The summed E-state index contributed by atoms with van der Waals surface area (Å²) >= 11 is 3.80. The van der Waals surface area contributed by atoms with E-state index in [1.54, 1.807) is 0 Å². The van der Waals surface area contributed by atoms with Crippen molar-refractivity contribution in [3.05, 3.63) is 34.3 Å². The van der Waals surface area contributed by atoms with Gasteiger partial charge in [0.2, 0.25) is 0 Å². The van der Waals surface area contributed by atoms with Crippen LogP contribution in [0.25, 0.3) is 0 Å². The van der Waals surface area contributed by atoms with Gasteiger partial charge in [0.15, 0.2) is 0 Å². The molecule has 1 spiro atoms. The lowest BCUT2D eigenvalue weighted by molar-refractivity contribution is 0.0290. The Labute approximate surface area is 131 Å². The SMILES string of the molecule is CCC1CCCCC12CCNCC2c1ccccc1Br. The molecule has 0 aromatic heterocycles.